The van der Waals surface area contributed by atoms with Crippen LogP contribution in [-0.2, 0) is 11.4 Å². The molecule has 2 aromatic carbocycles. The maximum Gasteiger partial charge on any atom is 0.167 e. The van der Waals surface area contributed by atoms with Crippen LogP contribution in [0.5, 0.6) is 0 Å². The summed E-state index contributed by atoms with van der Waals surface area (Å²) >= 11 is -2.52. The van der Waals surface area contributed by atoms with Gasteiger partial charge in [0.2, 0.25) is 0 Å². The summed E-state index contributed by atoms with van der Waals surface area (Å²) in [5.41, 5.74) is 2.55. The summed E-state index contributed by atoms with van der Waals surface area (Å²) in [6, 6.07) is 20.8. The second kappa shape index (κ2) is 7.98. The van der Waals surface area contributed by atoms with Crippen molar-refractivity contribution in [1.29, 1.82) is 0 Å². The molecule has 3 rings (SSSR count). The maximum atomic E-state index is 9.80. The van der Waals surface area contributed by atoms with Crippen LogP contribution in [0, 0.1) is 0 Å². The van der Waals surface area contributed by atoms with Crippen molar-refractivity contribution < 1.29 is 13.0 Å². The number of nitrogens with zero attached hydrogens (tertiary/aromatic N) is 2. The van der Waals surface area contributed by atoms with E-state index in [9.17, 15) is 8.76 Å². The lowest BCUT2D eigenvalue weighted by molar-refractivity contribution is 0.265. The minimum Gasteiger partial charge on any atom is -0.738 e. The molecule has 3 aromatic rings. The summed E-state index contributed by atoms with van der Waals surface area (Å²) in [4.78, 5) is 3.54. The molecule has 5 nitrogen and oxygen atoms in total. The van der Waals surface area contributed by atoms with Crippen molar-refractivity contribution in [3.8, 4) is 11.1 Å². The van der Waals surface area contributed by atoms with Crippen molar-refractivity contribution in [2.75, 3.05) is 0 Å². The molecule has 0 fully saturated rings. The highest BCUT2D eigenvalue weighted by Gasteiger charge is 1.91. The smallest absolute Gasteiger partial charge is 0.167 e. The Balaban J connectivity index is 0.000000161. The molecule has 1 heterocycles. The van der Waals surface area contributed by atoms with Crippen LogP contribution in [0.25, 0.3) is 11.1 Å². The van der Waals surface area contributed by atoms with Crippen LogP contribution in [0.15, 0.2) is 79.4 Å². The topological polar surface area (TPSA) is 67.2 Å². The zero-order valence-electron chi connectivity index (χ0n) is 11.0. The zero-order chi connectivity index (χ0) is 14.9. The van der Waals surface area contributed by atoms with Gasteiger partial charge in [-0.1, -0.05) is 60.7 Å². The number of hydrogen-bond acceptors (Lipinski definition) is 4. The van der Waals surface area contributed by atoms with Crippen LogP contribution in [0.2, 0.25) is 0 Å². The third-order valence-electron chi connectivity index (χ3n) is 2.51. The second-order valence-corrected chi connectivity index (χ2v) is 4.49. The summed E-state index contributed by atoms with van der Waals surface area (Å²) in [5.74, 6) is 0. The molecule has 6 heteroatoms. The van der Waals surface area contributed by atoms with E-state index in [-0.39, 0.29) is 0 Å². The third kappa shape index (κ3) is 5.21. The third-order valence-corrected chi connectivity index (χ3v) is 2.80. The van der Waals surface area contributed by atoms with Gasteiger partial charge in [-0.05, 0) is 11.1 Å². The fourth-order valence-electron chi connectivity index (χ4n) is 1.62. The van der Waals surface area contributed by atoms with Gasteiger partial charge in [0, 0.05) is 6.20 Å². The fraction of sp³-hybridized carbons (Fsp3) is 0. The molecule has 108 valence electrons. The quantitative estimate of drug-likeness (QED) is 0.697. The first-order valence-corrected chi connectivity index (χ1v) is 7.12. The van der Waals surface area contributed by atoms with E-state index in [4.69, 9.17) is 0 Å². The van der Waals surface area contributed by atoms with E-state index in [1.165, 1.54) is 29.8 Å². The van der Waals surface area contributed by atoms with Crippen molar-refractivity contribution in [2.24, 2.45) is 0 Å². The predicted molar refractivity (Wildman–Crippen MR) is 79.6 cm³/mol. The molecule has 0 amide bonds. The summed E-state index contributed by atoms with van der Waals surface area (Å²) in [7, 11) is 0. The molecule has 21 heavy (non-hydrogen) atoms. The molecule has 0 saturated heterocycles. The van der Waals surface area contributed by atoms with Gasteiger partial charge >= 0.3 is 0 Å². The number of benzene rings is 2. The summed E-state index contributed by atoms with van der Waals surface area (Å²) in [5, 5.41) is 0. The lowest BCUT2D eigenvalue weighted by atomic mass is 10.1. The lowest BCUT2D eigenvalue weighted by Gasteiger charge is -2.04. The average Bonchev–Trinajstić information content (AvgIpc) is 3.02. The van der Waals surface area contributed by atoms with E-state index in [0.717, 1.165) is 4.73 Å². The fourth-order valence-corrected chi connectivity index (χ4v) is 1.85. The van der Waals surface area contributed by atoms with Gasteiger partial charge in [0.1, 0.15) is 6.33 Å². The summed E-state index contributed by atoms with van der Waals surface area (Å²) in [6.07, 6.45) is 4.01. The Hall–Kier alpha value is -2.44. The molecule has 0 aliphatic carbocycles. The molecule has 1 atom stereocenters. The molecule has 0 aliphatic heterocycles. The van der Waals surface area contributed by atoms with Gasteiger partial charge in [-0.3, -0.25) is 0 Å². The lowest BCUT2D eigenvalue weighted by Crippen LogP contribution is -2.10. The highest BCUT2D eigenvalue weighted by atomic mass is 32.2. The van der Waals surface area contributed by atoms with Gasteiger partial charge in [-0.15, -0.1) is 0 Å². The van der Waals surface area contributed by atoms with Crippen LogP contribution in [-0.4, -0.2) is 18.5 Å². The molecular formula is C15H13N2O3S-. The average molecular weight is 301 g/mol. The van der Waals surface area contributed by atoms with Gasteiger partial charge in [0.25, 0.3) is 0 Å². The molecular weight excluding hydrogens is 288 g/mol. The predicted octanol–water partition coefficient (Wildman–Crippen LogP) is 2.46. The Labute approximate surface area is 125 Å². The van der Waals surface area contributed by atoms with Gasteiger partial charge < -0.3 is 8.84 Å². The minimum absolute atomic E-state index is 0.975. The molecule has 0 bridgehead atoms. The number of imidazole rings is 1. The molecule has 0 spiro atoms. The standard InChI is InChI=1S/C12H10.C3H4N2O3S/c1-3-7-11(8-4-1)12-9-5-2-6-10-12;6-9(7)8-5-2-1-4-3-5/h1-10H;1-3H,(H,6,7)/p-1. The Kier molecular flexibility index (Phi) is 5.69. The molecule has 1 unspecified atom stereocenters. The van der Waals surface area contributed by atoms with Gasteiger partial charge in [-0.2, -0.15) is 4.73 Å². The van der Waals surface area contributed by atoms with E-state index in [1.807, 2.05) is 12.1 Å². The first-order valence-electron chi connectivity index (χ1n) is 6.12. The Morgan fingerprint density at radius 3 is 1.86 bits per heavy atom. The van der Waals surface area contributed by atoms with E-state index in [2.05, 4.69) is 57.8 Å². The highest BCUT2D eigenvalue weighted by molar-refractivity contribution is 7.74. The maximum absolute atomic E-state index is 9.80. The van der Waals surface area contributed by atoms with Gasteiger partial charge in [-0.25, -0.2) is 9.19 Å². The van der Waals surface area contributed by atoms with Crippen molar-refractivity contribution in [1.82, 2.24) is 9.71 Å². The van der Waals surface area contributed by atoms with E-state index in [1.54, 1.807) is 0 Å². The largest absolute Gasteiger partial charge is 0.738 e. The van der Waals surface area contributed by atoms with E-state index < -0.39 is 11.4 Å². The monoisotopic (exact) mass is 301 g/mol. The van der Waals surface area contributed by atoms with Crippen molar-refractivity contribution in [3.63, 3.8) is 0 Å². The molecule has 1 aromatic heterocycles. The summed E-state index contributed by atoms with van der Waals surface area (Å²) in [6.45, 7) is 0. The van der Waals surface area contributed by atoms with E-state index >= 15 is 0 Å². The highest BCUT2D eigenvalue weighted by Crippen LogP contribution is 2.17. The Morgan fingerprint density at radius 1 is 0.952 bits per heavy atom. The Bertz CT molecular complexity index is 620. The minimum atomic E-state index is -2.52. The number of hydrogen-bond donors (Lipinski definition) is 0. The summed E-state index contributed by atoms with van der Waals surface area (Å²) < 4.78 is 24.7. The van der Waals surface area contributed by atoms with E-state index in [0.29, 0.717) is 0 Å². The molecule has 0 N–H and O–H groups in total. The van der Waals surface area contributed by atoms with Gasteiger partial charge in [0.15, 0.2) is 11.4 Å². The van der Waals surface area contributed by atoms with Crippen molar-refractivity contribution in [3.05, 3.63) is 79.4 Å². The van der Waals surface area contributed by atoms with Crippen LogP contribution in [0.4, 0.5) is 0 Å². The van der Waals surface area contributed by atoms with Crippen LogP contribution in [0.3, 0.4) is 0 Å². The first kappa shape index (κ1) is 15.0. The molecule has 0 saturated carbocycles. The SMILES string of the molecule is O=S([O-])On1ccnc1.c1ccc(-c2ccccc2)cc1. The van der Waals surface area contributed by atoms with Crippen LogP contribution < -0.4 is 4.28 Å². The number of aromatic nitrogens is 2. The zero-order valence-corrected chi connectivity index (χ0v) is 11.8. The normalized spacial score (nSPS) is 11.1. The van der Waals surface area contributed by atoms with Gasteiger partial charge in [0.05, 0.1) is 6.20 Å². The van der Waals surface area contributed by atoms with Crippen molar-refractivity contribution >= 4 is 11.4 Å². The Morgan fingerprint density at radius 2 is 1.48 bits per heavy atom. The van der Waals surface area contributed by atoms with Crippen molar-refractivity contribution in [2.45, 2.75) is 0 Å². The first-order chi connectivity index (χ1) is 10.3. The van der Waals surface area contributed by atoms with Crippen LogP contribution in [0.1, 0.15) is 0 Å². The number of rotatable bonds is 3. The second-order valence-electron chi connectivity index (χ2n) is 3.93. The molecule has 0 radical (unpaired) electrons. The molecule has 0 aliphatic rings. The van der Waals surface area contributed by atoms with Crippen LogP contribution >= 0.6 is 0 Å².